The van der Waals surface area contributed by atoms with Gasteiger partial charge in [0.25, 0.3) is 0 Å². The van der Waals surface area contributed by atoms with Gasteiger partial charge >= 0.3 is 0 Å². The topological polar surface area (TPSA) is 9.23 Å². The number of hydrogen-bond acceptors (Lipinski definition) is 1. The first kappa shape index (κ1) is 58.9. The summed E-state index contributed by atoms with van der Waals surface area (Å²) in [6, 6.07) is 130. The summed E-state index contributed by atoms with van der Waals surface area (Å²) < 4.78 is 7.30. The first-order valence-electron chi connectivity index (χ1n) is 32.0. The zero-order chi connectivity index (χ0) is 61.4. The van der Waals surface area contributed by atoms with Crippen LogP contribution in [0.5, 0.6) is 5.75 Å². The largest absolute Gasteiger partial charge is 0.492 e. The molecule has 0 heterocycles. The fourth-order valence-electron chi connectivity index (χ4n) is 12.7. The van der Waals surface area contributed by atoms with Gasteiger partial charge in [0.05, 0.1) is 6.61 Å². The molecule has 1 heteroatoms. The van der Waals surface area contributed by atoms with Gasteiger partial charge in [-0.25, -0.2) is 0 Å². The molecular weight excluding hydrogens is 1100 g/mol. The summed E-state index contributed by atoms with van der Waals surface area (Å²) >= 11 is 0. The Labute approximate surface area is 538 Å². The Balaban J connectivity index is 1.02. The number of ether oxygens (including phenoxy) is 1. The van der Waals surface area contributed by atoms with Crippen molar-refractivity contribution >= 4 is 33.4 Å². The molecular formula is C90H72O. The van der Waals surface area contributed by atoms with Crippen molar-refractivity contribution in [1.82, 2.24) is 0 Å². The Hall–Kier alpha value is -11.1. The zero-order valence-corrected chi connectivity index (χ0v) is 51.5. The second-order valence-electron chi connectivity index (χ2n) is 23.1. The predicted molar refractivity (Wildman–Crippen MR) is 385 cm³/mol. The molecule has 1 nitrogen and oxygen atoms in total. The summed E-state index contributed by atoms with van der Waals surface area (Å²) in [5.41, 5.74) is 27.3. The predicted octanol–water partition coefficient (Wildman–Crippen LogP) is 23.7. The normalized spacial score (nSPS) is 10.9. The molecule has 0 fully saturated rings. The molecule has 0 saturated carbocycles. The minimum Gasteiger partial charge on any atom is -0.492 e. The van der Waals surface area contributed by atoms with E-state index in [9.17, 15) is 0 Å². The third-order valence-corrected chi connectivity index (χ3v) is 17.1. The first-order valence-corrected chi connectivity index (χ1v) is 32.0. The van der Waals surface area contributed by atoms with Crippen LogP contribution in [0, 0.1) is 0 Å². The lowest BCUT2D eigenvalue weighted by Crippen LogP contribution is -2.02. The lowest BCUT2D eigenvalue weighted by Gasteiger charge is -2.21. The van der Waals surface area contributed by atoms with Crippen LogP contribution in [0.3, 0.4) is 0 Å². The van der Waals surface area contributed by atoms with E-state index < -0.39 is 0 Å². The molecule has 0 aromatic heterocycles. The van der Waals surface area contributed by atoms with Gasteiger partial charge in [0.1, 0.15) is 5.75 Å². The average molecular weight is 1170 g/mol. The maximum Gasteiger partial charge on any atom is 0.134 e. The molecule has 0 atom stereocenters. The van der Waals surface area contributed by atoms with Gasteiger partial charge in [-0.2, -0.15) is 0 Å². The monoisotopic (exact) mass is 1170 g/mol. The van der Waals surface area contributed by atoms with Crippen molar-refractivity contribution < 1.29 is 4.74 Å². The fraction of sp³-hybridized carbons (Fsp3) is 0.0667. The van der Waals surface area contributed by atoms with E-state index in [1.165, 1.54) is 44.6 Å². The van der Waals surface area contributed by atoms with Crippen LogP contribution in [-0.4, -0.2) is 6.61 Å². The van der Waals surface area contributed by atoms with Gasteiger partial charge in [-0.1, -0.05) is 372 Å². The van der Waals surface area contributed by atoms with E-state index in [0.29, 0.717) is 6.61 Å². The molecule has 0 aliphatic heterocycles. The molecule has 13 rings (SSSR count). The summed E-state index contributed by atoms with van der Waals surface area (Å²) in [5.74, 6) is 0.878. The maximum atomic E-state index is 7.30. The minimum absolute atomic E-state index is 0.598. The van der Waals surface area contributed by atoms with Crippen LogP contribution in [0.4, 0.5) is 0 Å². The van der Waals surface area contributed by atoms with Gasteiger partial charge in [-0.15, -0.1) is 0 Å². The summed E-state index contributed by atoms with van der Waals surface area (Å²) in [6.07, 6.45) is 4.37. The zero-order valence-electron chi connectivity index (χ0n) is 51.5. The number of rotatable bonds is 21. The number of hydrogen-bond donors (Lipinski definition) is 0. The van der Waals surface area contributed by atoms with Crippen LogP contribution in [0.2, 0.25) is 0 Å². The fourth-order valence-corrected chi connectivity index (χ4v) is 12.7. The van der Waals surface area contributed by atoms with Gasteiger partial charge < -0.3 is 4.74 Å². The van der Waals surface area contributed by atoms with Crippen LogP contribution < -0.4 is 4.74 Å². The average Bonchev–Trinajstić information content (AvgIpc) is 0.942. The molecule has 13 aromatic carbocycles. The molecule has 0 aliphatic rings. The molecule has 0 saturated heterocycles. The molecule has 91 heavy (non-hydrogen) atoms. The lowest BCUT2D eigenvalue weighted by atomic mass is 9.84. The molecule has 0 bridgehead atoms. The third-order valence-electron chi connectivity index (χ3n) is 17.1. The third kappa shape index (κ3) is 13.5. The highest BCUT2D eigenvalue weighted by atomic mass is 16.5. The SMILES string of the molecule is CCCCCCOc1c(-c2ccc(C(=C(c3ccccc3)c3ccccc3)c3ccccc3)cc2)cc(-c2ccc(C(=C(c3ccccc3)c3ccccc3)c3ccccc3)cc2)cc1-c1ccc(C(=C(c2ccccc2)c2ccccc2)c2ccccc2)cc1. The molecule has 0 radical (unpaired) electrons. The standard InChI is InChI=1S/C90H72O/c1-2-3-4-32-63-91-90-82(67-53-59-79(60-54-67)88(76-47-28-12-29-48-76)85(71-37-18-7-19-38-71)72-39-20-8-21-40-72)64-81(66-51-57-78(58-52-66)87(75-45-26-11-27-46-75)84(69-33-14-5-15-34-69)70-35-16-6-17-36-70)65-83(90)68-55-61-80(62-56-68)89(77-49-30-13-31-50-77)86(73-41-22-9-23-42-73)74-43-24-10-25-44-74/h5-31,33-62,64-65H,2-4,32,63H2,1H3. The van der Waals surface area contributed by atoms with Gasteiger partial charge in [-0.3, -0.25) is 0 Å². The van der Waals surface area contributed by atoms with E-state index in [2.05, 4.69) is 365 Å². The summed E-state index contributed by atoms with van der Waals surface area (Å²) in [7, 11) is 0. The molecule has 0 aliphatic carbocycles. The van der Waals surface area contributed by atoms with E-state index in [1.54, 1.807) is 0 Å². The van der Waals surface area contributed by atoms with Crippen molar-refractivity contribution in [3.8, 4) is 39.1 Å². The molecule has 0 unspecified atom stereocenters. The van der Waals surface area contributed by atoms with E-state index >= 15 is 0 Å². The van der Waals surface area contributed by atoms with Crippen molar-refractivity contribution in [2.75, 3.05) is 6.61 Å². The quantitative estimate of drug-likeness (QED) is 0.0515. The molecule has 0 spiro atoms. The van der Waals surface area contributed by atoms with Crippen LogP contribution in [0.25, 0.3) is 66.8 Å². The van der Waals surface area contributed by atoms with Gasteiger partial charge in [0, 0.05) is 11.1 Å². The highest BCUT2D eigenvalue weighted by Gasteiger charge is 2.23. The van der Waals surface area contributed by atoms with E-state index in [-0.39, 0.29) is 0 Å². The summed E-state index contributed by atoms with van der Waals surface area (Å²) in [5, 5.41) is 0. The van der Waals surface area contributed by atoms with Crippen LogP contribution >= 0.6 is 0 Å². The maximum absolute atomic E-state index is 7.30. The second-order valence-corrected chi connectivity index (χ2v) is 23.1. The Morgan fingerprint density at radius 3 is 0.637 bits per heavy atom. The van der Waals surface area contributed by atoms with Crippen LogP contribution in [0.15, 0.2) is 358 Å². The van der Waals surface area contributed by atoms with Gasteiger partial charge in [0.2, 0.25) is 0 Å². The Morgan fingerprint density at radius 1 is 0.209 bits per heavy atom. The van der Waals surface area contributed by atoms with Crippen LogP contribution in [0.1, 0.15) is 99.4 Å². The van der Waals surface area contributed by atoms with E-state index in [4.69, 9.17) is 4.74 Å². The molecule has 0 N–H and O–H groups in total. The highest BCUT2D eigenvalue weighted by Crippen LogP contribution is 2.47. The Bertz CT molecular complexity index is 4230. The van der Waals surface area contributed by atoms with Crippen molar-refractivity contribution in [1.29, 1.82) is 0 Å². The van der Waals surface area contributed by atoms with E-state index in [1.807, 2.05) is 0 Å². The van der Waals surface area contributed by atoms with Crippen LogP contribution in [-0.2, 0) is 0 Å². The summed E-state index contributed by atoms with van der Waals surface area (Å²) in [4.78, 5) is 0. The molecule has 13 aromatic rings. The summed E-state index contributed by atoms with van der Waals surface area (Å²) in [6.45, 7) is 2.86. The molecule has 0 amide bonds. The van der Waals surface area contributed by atoms with Crippen molar-refractivity contribution in [3.05, 3.63) is 425 Å². The minimum atomic E-state index is 0.598. The smallest absolute Gasteiger partial charge is 0.134 e. The second kappa shape index (κ2) is 28.8. The van der Waals surface area contributed by atoms with Crippen molar-refractivity contribution in [2.24, 2.45) is 0 Å². The van der Waals surface area contributed by atoms with Crippen molar-refractivity contribution in [3.63, 3.8) is 0 Å². The Kier molecular flexibility index (Phi) is 18.6. The highest BCUT2D eigenvalue weighted by molar-refractivity contribution is 6.07. The van der Waals surface area contributed by atoms with E-state index in [0.717, 1.165) is 120 Å². The number of unbranched alkanes of at least 4 members (excludes halogenated alkanes) is 3. The van der Waals surface area contributed by atoms with Crippen molar-refractivity contribution in [2.45, 2.75) is 32.6 Å². The number of benzene rings is 13. The van der Waals surface area contributed by atoms with Gasteiger partial charge in [0.15, 0.2) is 0 Å². The first-order chi connectivity index (χ1) is 45.2. The van der Waals surface area contributed by atoms with Gasteiger partial charge in [-0.05, 0) is 141 Å². The molecule has 438 valence electrons. The Morgan fingerprint density at radius 2 is 0.418 bits per heavy atom. The lowest BCUT2D eigenvalue weighted by molar-refractivity contribution is 0.307.